The number of nitrogens with two attached hydrogens (primary N) is 1. The average molecular weight is 375 g/mol. The molecule has 2 unspecified atom stereocenters. The molecule has 0 aliphatic carbocycles. The third-order valence-electron chi connectivity index (χ3n) is 4.44. The number of halogens is 1. The summed E-state index contributed by atoms with van der Waals surface area (Å²) < 4.78 is 0. The molecular formula is C19H23ClN4O2. The molecule has 3 amide bonds. The van der Waals surface area contributed by atoms with Crippen LogP contribution in [0.1, 0.15) is 18.5 Å². The van der Waals surface area contributed by atoms with Crippen LogP contribution < -0.4 is 21.3 Å². The summed E-state index contributed by atoms with van der Waals surface area (Å²) in [6.45, 7) is 3.11. The Bertz CT molecular complexity index is 752. The van der Waals surface area contributed by atoms with E-state index in [2.05, 4.69) is 10.6 Å². The molecule has 2 atom stereocenters. The predicted octanol–water partition coefficient (Wildman–Crippen LogP) is 2.91. The van der Waals surface area contributed by atoms with E-state index in [0.29, 0.717) is 18.8 Å². The van der Waals surface area contributed by atoms with Crippen molar-refractivity contribution in [2.45, 2.75) is 13.0 Å². The van der Waals surface area contributed by atoms with Gasteiger partial charge in [0, 0.05) is 30.5 Å². The van der Waals surface area contributed by atoms with E-state index >= 15 is 0 Å². The highest BCUT2D eigenvalue weighted by atomic mass is 35.5. The van der Waals surface area contributed by atoms with Crippen molar-refractivity contribution in [1.82, 2.24) is 5.32 Å². The number of hydrogen-bond donors (Lipinski definition) is 3. The fourth-order valence-corrected chi connectivity index (χ4v) is 2.83. The molecule has 1 saturated heterocycles. The Morgan fingerprint density at radius 1 is 1.15 bits per heavy atom. The third kappa shape index (κ3) is 4.33. The summed E-state index contributed by atoms with van der Waals surface area (Å²) in [5.74, 6) is -0.505. The molecule has 0 radical (unpaired) electrons. The van der Waals surface area contributed by atoms with E-state index in [1.54, 1.807) is 17.0 Å². The number of urea groups is 1. The summed E-state index contributed by atoms with van der Waals surface area (Å²) in [6, 6.07) is 16.3. The number of anilines is 2. The first kappa shape index (κ1) is 19.8. The van der Waals surface area contributed by atoms with Gasteiger partial charge in [0.15, 0.2) is 0 Å². The Kier molecular flexibility index (Phi) is 6.60. The fourth-order valence-electron chi connectivity index (χ4n) is 2.83. The third-order valence-corrected chi connectivity index (χ3v) is 4.44. The van der Waals surface area contributed by atoms with E-state index in [-0.39, 0.29) is 36.3 Å². The van der Waals surface area contributed by atoms with Gasteiger partial charge in [-0.15, -0.1) is 12.4 Å². The van der Waals surface area contributed by atoms with Crippen molar-refractivity contribution in [3.63, 3.8) is 0 Å². The van der Waals surface area contributed by atoms with E-state index in [9.17, 15) is 9.59 Å². The highest BCUT2D eigenvalue weighted by Crippen LogP contribution is 2.23. The second-order valence-electron chi connectivity index (χ2n) is 6.14. The van der Waals surface area contributed by atoms with Crippen molar-refractivity contribution in [1.29, 1.82) is 0 Å². The molecule has 3 rings (SSSR count). The molecule has 1 heterocycles. The lowest BCUT2D eigenvalue weighted by molar-refractivity contribution is -0.120. The summed E-state index contributed by atoms with van der Waals surface area (Å²) in [4.78, 5) is 25.8. The lowest BCUT2D eigenvalue weighted by atomic mass is 9.94. The van der Waals surface area contributed by atoms with Crippen LogP contribution in [0.2, 0.25) is 0 Å². The number of carbonyl (C=O) groups excluding carboxylic acids is 2. The first-order valence-electron chi connectivity index (χ1n) is 8.33. The van der Waals surface area contributed by atoms with E-state index in [0.717, 1.165) is 11.3 Å². The van der Waals surface area contributed by atoms with E-state index in [1.165, 1.54) is 0 Å². The summed E-state index contributed by atoms with van der Waals surface area (Å²) >= 11 is 0. The van der Waals surface area contributed by atoms with Gasteiger partial charge in [0.1, 0.15) is 0 Å². The smallest absolute Gasteiger partial charge is 0.321 e. The van der Waals surface area contributed by atoms with Crippen LogP contribution in [0.3, 0.4) is 0 Å². The van der Waals surface area contributed by atoms with Crippen LogP contribution in [0.5, 0.6) is 0 Å². The SMILES string of the molecule is CC(C(=O)Nc1ccc(N2CCNC2=O)cc1)C(N)c1ccccc1.Cl. The van der Waals surface area contributed by atoms with Crippen LogP contribution >= 0.6 is 12.4 Å². The zero-order valence-electron chi connectivity index (χ0n) is 14.5. The molecule has 0 bridgehead atoms. The van der Waals surface area contributed by atoms with Gasteiger partial charge in [0.2, 0.25) is 5.91 Å². The van der Waals surface area contributed by atoms with Crippen LogP contribution in [0, 0.1) is 5.92 Å². The highest BCUT2D eigenvalue weighted by Gasteiger charge is 2.23. The minimum atomic E-state index is -0.369. The van der Waals surface area contributed by atoms with Crippen molar-refractivity contribution < 1.29 is 9.59 Å². The molecule has 138 valence electrons. The van der Waals surface area contributed by atoms with Gasteiger partial charge in [-0.3, -0.25) is 9.69 Å². The van der Waals surface area contributed by atoms with E-state index in [4.69, 9.17) is 5.73 Å². The van der Waals surface area contributed by atoms with Crippen molar-refractivity contribution in [2.24, 2.45) is 11.7 Å². The standard InChI is InChI=1S/C19H22N4O2.ClH/c1-13(17(20)14-5-3-2-4-6-14)18(24)22-15-7-9-16(10-8-15)23-12-11-21-19(23)25;/h2-10,13,17H,11-12,20H2,1H3,(H,21,25)(H,22,24);1H. The molecule has 2 aromatic rings. The summed E-state index contributed by atoms with van der Waals surface area (Å²) in [5, 5.41) is 5.64. The minimum absolute atomic E-state index is 0. The first-order valence-corrected chi connectivity index (χ1v) is 8.33. The van der Waals surface area contributed by atoms with Crippen LogP contribution in [0.15, 0.2) is 54.6 Å². The average Bonchev–Trinajstić information content (AvgIpc) is 3.07. The Labute approximate surface area is 159 Å². The normalized spacial score (nSPS) is 15.6. The summed E-state index contributed by atoms with van der Waals surface area (Å²) in [7, 11) is 0. The monoisotopic (exact) mass is 374 g/mol. The van der Waals surface area contributed by atoms with Gasteiger partial charge in [-0.2, -0.15) is 0 Å². The quantitative estimate of drug-likeness (QED) is 0.751. The largest absolute Gasteiger partial charge is 0.336 e. The summed E-state index contributed by atoms with van der Waals surface area (Å²) in [6.07, 6.45) is 0. The molecule has 0 aromatic heterocycles. The molecule has 6 nitrogen and oxygen atoms in total. The van der Waals surface area contributed by atoms with Gasteiger partial charge < -0.3 is 16.4 Å². The molecule has 1 fully saturated rings. The van der Waals surface area contributed by atoms with Crippen LogP contribution in [0.25, 0.3) is 0 Å². The van der Waals surface area contributed by atoms with Crippen molar-refractivity contribution in [3.8, 4) is 0 Å². The van der Waals surface area contributed by atoms with Crippen LogP contribution in [0.4, 0.5) is 16.2 Å². The summed E-state index contributed by atoms with van der Waals surface area (Å²) in [5.41, 5.74) is 8.62. The van der Waals surface area contributed by atoms with Crippen LogP contribution in [-0.4, -0.2) is 25.0 Å². The first-order chi connectivity index (χ1) is 12.1. The number of benzene rings is 2. The molecule has 4 N–H and O–H groups in total. The van der Waals surface area contributed by atoms with Gasteiger partial charge in [-0.1, -0.05) is 37.3 Å². The van der Waals surface area contributed by atoms with Gasteiger partial charge >= 0.3 is 6.03 Å². The zero-order valence-corrected chi connectivity index (χ0v) is 15.3. The van der Waals surface area contributed by atoms with Crippen molar-refractivity contribution in [2.75, 3.05) is 23.3 Å². The van der Waals surface area contributed by atoms with Gasteiger partial charge in [0.25, 0.3) is 0 Å². The molecule has 26 heavy (non-hydrogen) atoms. The van der Waals surface area contributed by atoms with Gasteiger partial charge in [-0.05, 0) is 29.8 Å². The Hall–Kier alpha value is -2.57. The lowest BCUT2D eigenvalue weighted by Gasteiger charge is -2.20. The maximum absolute atomic E-state index is 12.5. The molecular weight excluding hydrogens is 352 g/mol. The van der Waals surface area contributed by atoms with Crippen LogP contribution in [-0.2, 0) is 4.79 Å². The molecule has 0 spiro atoms. The van der Waals surface area contributed by atoms with Gasteiger partial charge in [-0.25, -0.2) is 4.79 Å². The van der Waals surface area contributed by atoms with E-state index < -0.39 is 0 Å². The Morgan fingerprint density at radius 3 is 2.38 bits per heavy atom. The van der Waals surface area contributed by atoms with Crippen molar-refractivity contribution in [3.05, 3.63) is 60.2 Å². The number of amides is 3. The van der Waals surface area contributed by atoms with Gasteiger partial charge in [0.05, 0.1) is 5.92 Å². The highest BCUT2D eigenvalue weighted by molar-refractivity contribution is 5.95. The number of nitrogens with one attached hydrogen (secondary N) is 2. The number of nitrogens with zero attached hydrogens (tertiary/aromatic N) is 1. The Balaban J connectivity index is 0.00000243. The maximum atomic E-state index is 12.5. The van der Waals surface area contributed by atoms with E-state index in [1.807, 2.05) is 49.4 Å². The maximum Gasteiger partial charge on any atom is 0.321 e. The molecule has 7 heteroatoms. The minimum Gasteiger partial charge on any atom is -0.336 e. The second kappa shape index (κ2) is 8.69. The topological polar surface area (TPSA) is 87.5 Å². The second-order valence-corrected chi connectivity index (χ2v) is 6.14. The zero-order chi connectivity index (χ0) is 17.8. The molecule has 0 saturated carbocycles. The van der Waals surface area contributed by atoms with Crippen molar-refractivity contribution >= 4 is 35.7 Å². The number of hydrogen-bond acceptors (Lipinski definition) is 3. The number of carbonyl (C=O) groups is 2. The Morgan fingerprint density at radius 2 is 1.81 bits per heavy atom. The molecule has 1 aliphatic rings. The predicted molar refractivity (Wildman–Crippen MR) is 106 cm³/mol. The number of rotatable bonds is 5. The fraction of sp³-hybridized carbons (Fsp3) is 0.263. The molecule has 1 aliphatic heterocycles. The molecule has 2 aromatic carbocycles. The lowest BCUT2D eigenvalue weighted by Crippen LogP contribution is -2.30.